The number of hydrogen-bond donors (Lipinski definition) is 2. The second kappa shape index (κ2) is 9.61. The lowest BCUT2D eigenvalue weighted by Gasteiger charge is -2.10. The highest BCUT2D eigenvalue weighted by atomic mass is 16.5. The van der Waals surface area contributed by atoms with Gasteiger partial charge in [-0.15, -0.1) is 0 Å². The summed E-state index contributed by atoms with van der Waals surface area (Å²) < 4.78 is 6.99. The largest absolute Gasteiger partial charge is 0.495 e. The Morgan fingerprint density at radius 3 is 2.38 bits per heavy atom. The van der Waals surface area contributed by atoms with Crippen LogP contribution in [0, 0.1) is 0 Å². The van der Waals surface area contributed by atoms with Crippen LogP contribution in [0.2, 0.25) is 0 Å². The predicted molar refractivity (Wildman–Crippen MR) is 123 cm³/mol. The molecular formula is C25H22N4O3. The maximum absolute atomic E-state index is 12.5. The van der Waals surface area contributed by atoms with Crippen LogP contribution < -0.4 is 15.4 Å². The maximum atomic E-state index is 12.5. The zero-order chi connectivity index (χ0) is 22.3. The highest BCUT2D eigenvalue weighted by molar-refractivity contribution is 6.05. The molecule has 2 amide bonds. The van der Waals surface area contributed by atoms with Crippen LogP contribution in [0.5, 0.6) is 5.75 Å². The highest BCUT2D eigenvalue weighted by Gasteiger charge is 2.11. The van der Waals surface area contributed by atoms with Gasteiger partial charge in [0.05, 0.1) is 31.1 Å². The van der Waals surface area contributed by atoms with E-state index in [4.69, 9.17) is 4.74 Å². The minimum atomic E-state index is -0.263. The minimum Gasteiger partial charge on any atom is -0.495 e. The summed E-state index contributed by atoms with van der Waals surface area (Å²) in [6.07, 6.45) is 3.71. The van der Waals surface area contributed by atoms with Crippen molar-refractivity contribution in [3.05, 3.63) is 102 Å². The molecule has 160 valence electrons. The van der Waals surface area contributed by atoms with Gasteiger partial charge in [-0.05, 0) is 54.1 Å². The van der Waals surface area contributed by atoms with Gasteiger partial charge in [0.2, 0.25) is 5.91 Å². The Bertz CT molecular complexity index is 1220. The Morgan fingerprint density at radius 1 is 0.906 bits per heavy atom. The zero-order valence-corrected chi connectivity index (χ0v) is 17.5. The smallest absolute Gasteiger partial charge is 0.255 e. The number of rotatable bonds is 7. The van der Waals surface area contributed by atoms with Gasteiger partial charge in [0, 0.05) is 17.4 Å². The van der Waals surface area contributed by atoms with Gasteiger partial charge in [0.1, 0.15) is 5.75 Å². The van der Waals surface area contributed by atoms with Crippen molar-refractivity contribution in [1.82, 2.24) is 9.78 Å². The van der Waals surface area contributed by atoms with Gasteiger partial charge in [0.25, 0.3) is 5.91 Å². The Hall–Kier alpha value is -4.39. The van der Waals surface area contributed by atoms with E-state index in [0.29, 0.717) is 22.7 Å². The third kappa shape index (κ3) is 5.02. The lowest BCUT2D eigenvalue weighted by Crippen LogP contribution is -2.15. The Balaban J connectivity index is 1.35. The van der Waals surface area contributed by atoms with E-state index >= 15 is 0 Å². The van der Waals surface area contributed by atoms with Gasteiger partial charge in [-0.3, -0.25) is 9.59 Å². The second-order valence-corrected chi connectivity index (χ2v) is 7.09. The average Bonchev–Trinajstić information content (AvgIpc) is 3.28. The number of methoxy groups -OCH3 is 1. The van der Waals surface area contributed by atoms with Crippen LogP contribution in [-0.2, 0) is 11.2 Å². The van der Waals surface area contributed by atoms with Crippen LogP contribution in [0.1, 0.15) is 15.9 Å². The van der Waals surface area contributed by atoms with E-state index in [1.807, 2.05) is 48.7 Å². The third-order valence-electron chi connectivity index (χ3n) is 4.81. The van der Waals surface area contributed by atoms with Crippen molar-refractivity contribution in [2.75, 3.05) is 17.7 Å². The normalized spacial score (nSPS) is 10.4. The van der Waals surface area contributed by atoms with Gasteiger partial charge in [-0.1, -0.05) is 30.3 Å². The number of ether oxygens (including phenoxy) is 1. The molecule has 0 saturated heterocycles. The predicted octanol–water partition coefficient (Wildman–Crippen LogP) is 4.31. The molecule has 1 aromatic heterocycles. The molecule has 3 aromatic carbocycles. The molecule has 2 N–H and O–H groups in total. The number of aromatic nitrogens is 2. The Labute approximate surface area is 185 Å². The molecular weight excluding hydrogens is 404 g/mol. The number of anilines is 2. The van der Waals surface area contributed by atoms with Crippen molar-refractivity contribution in [3.63, 3.8) is 0 Å². The molecule has 0 unspecified atom stereocenters. The number of carbonyl (C=O) groups is 2. The van der Waals surface area contributed by atoms with Crippen molar-refractivity contribution in [3.8, 4) is 11.4 Å². The molecule has 7 nitrogen and oxygen atoms in total. The molecule has 0 saturated carbocycles. The fraction of sp³-hybridized carbons (Fsp3) is 0.0800. The fourth-order valence-electron chi connectivity index (χ4n) is 3.21. The van der Waals surface area contributed by atoms with Crippen molar-refractivity contribution in [2.24, 2.45) is 0 Å². The second-order valence-electron chi connectivity index (χ2n) is 7.09. The SMILES string of the molecule is COc1ccccc1NC(=O)c1ccc(NC(=O)Cc2cnn(-c3ccccc3)c2)cc1. The molecule has 0 radical (unpaired) electrons. The lowest BCUT2D eigenvalue weighted by molar-refractivity contribution is -0.115. The molecule has 0 aliphatic rings. The van der Waals surface area contributed by atoms with E-state index in [2.05, 4.69) is 15.7 Å². The molecule has 4 aromatic rings. The lowest BCUT2D eigenvalue weighted by atomic mass is 10.1. The van der Waals surface area contributed by atoms with E-state index in [0.717, 1.165) is 11.3 Å². The van der Waals surface area contributed by atoms with Gasteiger partial charge in [-0.2, -0.15) is 5.10 Å². The third-order valence-corrected chi connectivity index (χ3v) is 4.81. The van der Waals surface area contributed by atoms with Crippen LogP contribution in [0.4, 0.5) is 11.4 Å². The number of nitrogens with one attached hydrogen (secondary N) is 2. The molecule has 0 bridgehead atoms. The first-order chi connectivity index (χ1) is 15.6. The standard InChI is InChI=1S/C25H22N4O3/c1-32-23-10-6-5-9-22(23)28-25(31)19-11-13-20(14-12-19)27-24(30)15-18-16-26-29(17-18)21-7-3-2-4-8-21/h2-14,16-17H,15H2,1H3,(H,27,30)(H,28,31). The van der Waals surface area contributed by atoms with Crippen molar-refractivity contribution in [2.45, 2.75) is 6.42 Å². The summed E-state index contributed by atoms with van der Waals surface area (Å²) in [6, 6.07) is 23.6. The molecule has 1 heterocycles. The molecule has 0 fully saturated rings. The van der Waals surface area contributed by atoms with E-state index in [9.17, 15) is 9.59 Å². The minimum absolute atomic E-state index is 0.163. The molecule has 7 heteroatoms. The van der Waals surface area contributed by atoms with E-state index in [1.54, 1.807) is 54.4 Å². The Morgan fingerprint density at radius 2 is 1.62 bits per heavy atom. The van der Waals surface area contributed by atoms with E-state index in [1.165, 1.54) is 0 Å². The number of hydrogen-bond acceptors (Lipinski definition) is 4. The summed E-state index contributed by atoms with van der Waals surface area (Å²) in [5.41, 5.74) is 3.41. The van der Waals surface area contributed by atoms with Crippen molar-refractivity contribution in [1.29, 1.82) is 0 Å². The molecule has 32 heavy (non-hydrogen) atoms. The summed E-state index contributed by atoms with van der Waals surface area (Å²) in [4.78, 5) is 24.9. The molecule has 0 aliphatic heterocycles. The number of para-hydroxylation sites is 3. The number of amides is 2. The van der Waals surface area contributed by atoms with Gasteiger partial charge in [0.15, 0.2) is 0 Å². The van der Waals surface area contributed by atoms with E-state index < -0.39 is 0 Å². The van der Waals surface area contributed by atoms with Gasteiger partial charge < -0.3 is 15.4 Å². The summed E-state index contributed by atoms with van der Waals surface area (Å²) in [5, 5.41) is 9.98. The number of benzene rings is 3. The monoisotopic (exact) mass is 426 g/mol. The first-order valence-electron chi connectivity index (χ1n) is 10.1. The highest BCUT2D eigenvalue weighted by Crippen LogP contribution is 2.24. The average molecular weight is 426 g/mol. The summed E-state index contributed by atoms with van der Waals surface area (Å²) in [6.45, 7) is 0. The molecule has 0 atom stereocenters. The molecule has 4 rings (SSSR count). The Kier molecular flexibility index (Phi) is 6.27. The van der Waals surface area contributed by atoms with Crippen LogP contribution in [0.3, 0.4) is 0 Å². The van der Waals surface area contributed by atoms with Crippen molar-refractivity contribution >= 4 is 23.2 Å². The van der Waals surface area contributed by atoms with Crippen LogP contribution in [0.15, 0.2) is 91.3 Å². The summed E-state index contributed by atoms with van der Waals surface area (Å²) in [5.74, 6) is 0.157. The van der Waals surface area contributed by atoms with Crippen LogP contribution in [0.25, 0.3) is 5.69 Å². The topological polar surface area (TPSA) is 85.2 Å². The number of nitrogens with zero attached hydrogens (tertiary/aromatic N) is 2. The van der Waals surface area contributed by atoms with Crippen molar-refractivity contribution < 1.29 is 14.3 Å². The first-order valence-corrected chi connectivity index (χ1v) is 10.1. The van der Waals surface area contributed by atoms with Crippen LogP contribution >= 0.6 is 0 Å². The molecule has 0 spiro atoms. The van der Waals surface area contributed by atoms with E-state index in [-0.39, 0.29) is 18.2 Å². The van der Waals surface area contributed by atoms with Crippen LogP contribution in [-0.4, -0.2) is 28.7 Å². The zero-order valence-electron chi connectivity index (χ0n) is 17.5. The quantitative estimate of drug-likeness (QED) is 0.461. The summed E-state index contributed by atoms with van der Waals surface area (Å²) >= 11 is 0. The molecule has 0 aliphatic carbocycles. The summed E-state index contributed by atoms with van der Waals surface area (Å²) in [7, 11) is 1.55. The van der Waals surface area contributed by atoms with Gasteiger partial charge >= 0.3 is 0 Å². The fourth-order valence-corrected chi connectivity index (χ4v) is 3.21. The first kappa shape index (κ1) is 20.9. The maximum Gasteiger partial charge on any atom is 0.255 e. The van der Waals surface area contributed by atoms with Gasteiger partial charge in [-0.25, -0.2) is 4.68 Å². The number of carbonyl (C=O) groups excluding carboxylic acids is 2.